The van der Waals surface area contributed by atoms with E-state index in [0.29, 0.717) is 12.3 Å². The van der Waals surface area contributed by atoms with Crippen LogP contribution >= 0.6 is 0 Å². The van der Waals surface area contributed by atoms with Crippen LogP contribution in [0.1, 0.15) is 51.4 Å². The molecule has 0 unspecified atom stereocenters. The molecule has 4 nitrogen and oxygen atoms in total. The topological polar surface area (TPSA) is 49.8 Å². The van der Waals surface area contributed by atoms with Crippen LogP contribution in [0.2, 0.25) is 0 Å². The summed E-state index contributed by atoms with van der Waals surface area (Å²) >= 11 is 0. The van der Waals surface area contributed by atoms with Gasteiger partial charge in [0.15, 0.2) is 0 Å². The van der Waals surface area contributed by atoms with E-state index in [9.17, 15) is 9.90 Å². The van der Waals surface area contributed by atoms with Gasteiger partial charge in [-0.15, -0.1) is 0 Å². The molecule has 1 N–H and O–H groups in total. The molecule has 2 heterocycles. The summed E-state index contributed by atoms with van der Waals surface area (Å²) < 4.78 is 0. The number of piperidine rings is 1. The van der Waals surface area contributed by atoms with Crippen LogP contribution in [0.15, 0.2) is 0 Å². The predicted molar refractivity (Wildman–Crippen MR) is 62.0 cm³/mol. The number of hydroxylamine groups is 2. The summed E-state index contributed by atoms with van der Waals surface area (Å²) in [6.07, 6.45) is 8.17. The Labute approximate surface area is 102 Å². The molecule has 1 amide bonds. The number of hydrogen-bond donors (Lipinski definition) is 1. The van der Waals surface area contributed by atoms with Gasteiger partial charge >= 0.3 is 0 Å². The summed E-state index contributed by atoms with van der Waals surface area (Å²) in [5, 5.41) is 10.9. The minimum atomic E-state index is -0.176. The minimum absolute atomic E-state index is 0.0184. The summed E-state index contributed by atoms with van der Waals surface area (Å²) in [5.41, 5.74) is -0.0285. The van der Waals surface area contributed by atoms with Gasteiger partial charge in [-0.2, -0.15) is 0 Å². The Balaban J connectivity index is 1.88. The number of aliphatic hydroxyl groups excluding tert-OH is 1. The number of carbonyl (C=O) groups is 1. The van der Waals surface area contributed by atoms with Crippen LogP contribution in [0.5, 0.6) is 0 Å². The van der Waals surface area contributed by atoms with Gasteiger partial charge in [0.1, 0.15) is 6.10 Å². The number of carbonyl (C=O) groups excluding carboxylic acids is 1. The fourth-order valence-electron chi connectivity index (χ4n) is 3.95. The standard InChI is InChI=1S/C13H21NO3/c15-9-11-6-8-13-7-2-1-3-10(13)4-5-12(16)14(13)17-11/h10-11,15H,1-9H2/t10-,11-,13+/m0/s1. The Morgan fingerprint density at radius 3 is 3.00 bits per heavy atom. The maximum Gasteiger partial charge on any atom is 0.246 e. The molecule has 1 aliphatic carbocycles. The molecule has 0 radical (unpaired) electrons. The van der Waals surface area contributed by atoms with E-state index >= 15 is 0 Å². The Hall–Kier alpha value is -0.610. The fraction of sp³-hybridized carbons (Fsp3) is 0.923. The maximum absolute atomic E-state index is 12.1. The first-order valence-electron chi connectivity index (χ1n) is 6.87. The van der Waals surface area contributed by atoms with Crippen LogP contribution in [-0.4, -0.2) is 34.3 Å². The quantitative estimate of drug-likeness (QED) is 0.756. The van der Waals surface area contributed by atoms with Crippen molar-refractivity contribution in [2.45, 2.75) is 63.0 Å². The van der Waals surface area contributed by atoms with Gasteiger partial charge in [-0.05, 0) is 38.0 Å². The lowest BCUT2D eigenvalue weighted by atomic mass is 9.65. The summed E-state index contributed by atoms with van der Waals surface area (Å²) in [6.45, 7) is 0.0184. The number of amides is 1. The molecule has 96 valence electrons. The van der Waals surface area contributed by atoms with E-state index in [2.05, 4.69) is 0 Å². The van der Waals surface area contributed by atoms with Crippen molar-refractivity contribution >= 4 is 5.91 Å². The molecule has 0 bridgehead atoms. The van der Waals surface area contributed by atoms with Gasteiger partial charge in [0, 0.05) is 6.42 Å². The molecule has 1 spiro atoms. The average molecular weight is 239 g/mol. The number of hydrogen-bond acceptors (Lipinski definition) is 3. The zero-order chi connectivity index (χ0) is 11.9. The van der Waals surface area contributed by atoms with Gasteiger partial charge < -0.3 is 5.11 Å². The van der Waals surface area contributed by atoms with Crippen LogP contribution in [0.3, 0.4) is 0 Å². The number of rotatable bonds is 1. The third-order valence-electron chi connectivity index (χ3n) is 4.87. The molecule has 17 heavy (non-hydrogen) atoms. The van der Waals surface area contributed by atoms with E-state index in [-0.39, 0.29) is 24.2 Å². The van der Waals surface area contributed by atoms with Crippen molar-refractivity contribution in [1.82, 2.24) is 5.06 Å². The summed E-state index contributed by atoms with van der Waals surface area (Å²) in [6, 6.07) is 0. The van der Waals surface area contributed by atoms with Gasteiger partial charge in [0.2, 0.25) is 5.91 Å². The van der Waals surface area contributed by atoms with E-state index in [1.165, 1.54) is 19.3 Å². The molecule has 3 rings (SSSR count). The van der Waals surface area contributed by atoms with Crippen molar-refractivity contribution in [2.24, 2.45) is 5.92 Å². The summed E-state index contributed by atoms with van der Waals surface area (Å²) in [7, 11) is 0. The normalized spacial score (nSPS) is 41.9. The second-order valence-electron chi connectivity index (χ2n) is 5.72. The van der Waals surface area contributed by atoms with E-state index < -0.39 is 0 Å². The third-order valence-corrected chi connectivity index (χ3v) is 4.87. The van der Waals surface area contributed by atoms with Gasteiger partial charge in [-0.25, -0.2) is 5.06 Å². The lowest BCUT2D eigenvalue weighted by Crippen LogP contribution is -2.64. The van der Waals surface area contributed by atoms with Crippen LogP contribution < -0.4 is 0 Å². The first kappa shape index (κ1) is 11.5. The lowest BCUT2D eigenvalue weighted by Gasteiger charge is -2.56. The second-order valence-corrected chi connectivity index (χ2v) is 5.72. The van der Waals surface area contributed by atoms with Crippen molar-refractivity contribution in [3.63, 3.8) is 0 Å². The highest BCUT2D eigenvalue weighted by atomic mass is 16.7. The molecule has 0 aromatic carbocycles. The second kappa shape index (κ2) is 4.25. The highest BCUT2D eigenvalue weighted by molar-refractivity contribution is 5.77. The number of aliphatic hydroxyl groups is 1. The van der Waals surface area contributed by atoms with Crippen LogP contribution in [-0.2, 0) is 9.63 Å². The van der Waals surface area contributed by atoms with E-state index in [1.807, 2.05) is 0 Å². The van der Waals surface area contributed by atoms with Crippen molar-refractivity contribution in [3.8, 4) is 0 Å². The minimum Gasteiger partial charge on any atom is -0.394 e. The van der Waals surface area contributed by atoms with Gasteiger partial charge in [-0.3, -0.25) is 9.63 Å². The Morgan fingerprint density at radius 1 is 1.29 bits per heavy atom. The molecule has 4 heteroatoms. The van der Waals surface area contributed by atoms with Gasteiger partial charge in [-0.1, -0.05) is 12.8 Å². The molecule has 3 atom stereocenters. The highest BCUT2D eigenvalue weighted by Gasteiger charge is 2.53. The van der Waals surface area contributed by atoms with E-state index in [1.54, 1.807) is 5.06 Å². The first-order valence-corrected chi connectivity index (χ1v) is 6.87. The zero-order valence-corrected chi connectivity index (χ0v) is 10.2. The molecule has 2 aliphatic heterocycles. The first-order chi connectivity index (χ1) is 8.26. The van der Waals surface area contributed by atoms with Crippen LogP contribution in [0.25, 0.3) is 0 Å². The summed E-state index contributed by atoms with van der Waals surface area (Å²) in [5.74, 6) is 0.745. The van der Waals surface area contributed by atoms with E-state index in [0.717, 1.165) is 25.7 Å². The molecular formula is C13H21NO3. The van der Waals surface area contributed by atoms with Crippen molar-refractivity contribution in [2.75, 3.05) is 6.61 Å². The average Bonchev–Trinajstić information content (AvgIpc) is 2.38. The van der Waals surface area contributed by atoms with Crippen LogP contribution in [0, 0.1) is 5.92 Å². The highest BCUT2D eigenvalue weighted by Crippen LogP contribution is 2.49. The fourth-order valence-corrected chi connectivity index (χ4v) is 3.95. The van der Waals surface area contributed by atoms with Crippen molar-refractivity contribution in [1.29, 1.82) is 0 Å². The predicted octanol–water partition coefficient (Wildman–Crippen LogP) is 1.62. The largest absolute Gasteiger partial charge is 0.394 e. The third kappa shape index (κ3) is 1.69. The van der Waals surface area contributed by atoms with Crippen LogP contribution in [0.4, 0.5) is 0 Å². The van der Waals surface area contributed by atoms with Crippen molar-refractivity contribution < 1.29 is 14.7 Å². The summed E-state index contributed by atoms with van der Waals surface area (Å²) in [4.78, 5) is 17.8. The molecule has 1 saturated carbocycles. The van der Waals surface area contributed by atoms with Gasteiger partial charge in [0.25, 0.3) is 0 Å². The SMILES string of the molecule is O=C1CC[C@@H]2CCCC[C@@]23CC[C@@H](CO)ON13. The number of nitrogens with zero attached hydrogens (tertiary/aromatic N) is 1. The van der Waals surface area contributed by atoms with Gasteiger partial charge in [0.05, 0.1) is 12.1 Å². The zero-order valence-electron chi connectivity index (χ0n) is 10.2. The molecule has 3 fully saturated rings. The molecule has 0 aromatic rings. The lowest BCUT2D eigenvalue weighted by molar-refractivity contribution is -0.297. The monoisotopic (exact) mass is 239 g/mol. The molecule has 0 aromatic heterocycles. The smallest absolute Gasteiger partial charge is 0.246 e. The molecular weight excluding hydrogens is 218 g/mol. The Bertz CT molecular complexity index is 320. The van der Waals surface area contributed by atoms with E-state index in [4.69, 9.17) is 4.84 Å². The Morgan fingerprint density at radius 2 is 2.18 bits per heavy atom. The van der Waals surface area contributed by atoms with Crippen molar-refractivity contribution in [3.05, 3.63) is 0 Å². The maximum atomic E-state index is 12.1. The molecule has 2 saturated heterocycles. The molecule has 3 aliphatic rings. The Kier molecular flexibility index (Phi) is 2.87.